The maximum absolute atomic E-state index is 12.9. The van der Waals surface area contributed by atoms with Gasteiger partial charge in [-0.2, -0.15) is 0 Å². The molecule has 0 heterocycles. The first-order valence-corrected chi connectivity index (χ1v) is 5.55. The summed E-state index contributed by atoms with van der Waals surface area (Å²) in [6.07, 6.45) is -0.170. The lowest BCUT2D eigenvalue weighted by atomic mass is 10.3. The Morgan fingerprint density at radius 1 is 1.50 bits per heavy atom. The molecule has 0 aromatic heterocycles. The zero-order valence-electron chi connectivity index (χ0n) is 9.00. The average molecular weight is 291 g/mol. The van der Waals surface area contributed by atoms with Crippen molar-refractivity contribution in [3.63, 3.8) is 0 Å². The molecule has 0 atom stereocenters. The summed E-state index contributed by atoms with van der Waals surface area (Å²) < 4.78 is 23.2. The zero-order chi connectivity index (χ0) is 12.1. The van der Waals surface area contributed by atoms with Crippen molar-refractivity contribution in [2.45, 2.75) is 20.0 Å². The highest BCUT2D eigenvalue weighted by Gasteiger charge is 2.07. The molecular formula is C11H12BrFO3. The van der Waals surface area contributed by atoms with Crippen LogP contribution in [0.5, 0.6) is 5.75 Å². The van der Waals surface area contributed by atoms with Gasteiger partial charge in [0.15, 0.2) is 6.61 Å². The summed E-state index contributed by atoms with van der Waals surface area (Å²) in [5.41, 5.74) is 0. The number of rotatable bonds is 4. The van der Waals surface area contributed by atoms with Gasteiger partial charge in [0.25, 0.3) is 0 Å². The van der Waals surface area contributed by atoms with Gasteiger partial charge in [-0.1, -0.05) is 0 Å². The standard InChI is InChI=1S/C11H12BrFO3/c1-7(2)16-11(14)6-15-8-3-4-10(13)9(12)5-8/h3-5,7H,6H2,1-2H3. The molecule has 3 nitrogen and oxygen atoms in total. The number of carbonyl (C=O) groups excluding carboxylic acids is 1. The highest BCUT2D eigenvalue weighted by Crippen LogP contribution is 2.21. The molecule has 0 unspecified atom stereocenters. The highest BCUT2D eigenvalue weighted by molar-refractivity contribution is 9.10. The lowest BCUT2D eigenvalue weighted by Crippen LogP contribution is -2.18. The Morgan fingerprint density at radius 3 is 2.75 bits per heavy atom. The Balaban J connectivity index is 2.48. The molecule has 0 aliphatic heterocycles. The van der Waals surface area contributed by atoms with Crippen LogP contribution in [0.25, 0.3) is 0 Å². The number of esters is 1. The van der Waals surface area contributed by atoms with E-state index in [1.165, 1.54) is 18.2 Å². The quantitative estimate of drug-likeness (QED) is 0.800. The second-order valence-electron chi connectivity index (χ2n) is 3.40. The lowest BCUT2D eigenvalue weighted by Gasteiger charge is -2.09. The molecule has 1 aromatic rings. The van der Waals surface area contributed by atoms with E-state index >= 15 is 0 Å². The van der Waals surface area contributed by atoms with Crippen molar-refractivity contribution < 1.29 is 18.7 Å². The molecule has 16 heavy (non-hydrogen) atoms. The van der Waals surface area contributed by atoms with Gasteiger partial charge in [0.1, 0.15) is 11.6 Å². The summed E-state index contributed by atoms with van der Waals surface area (Å²) in [6.45, 7) is 3.33. The van der Waals surface area contributed by atoms with Gasteiger partial charge in [-0.15, -0.1) is 0 Å². The van der Waals surface area contributed by atoms with Crippen LogP contribution in [0.15, 0.2) is 22.7 Å². The van der Waals surface area contributed by atoms with Gasteiger partial charge >= 0.3 is 5.97 Å². The maximum atomic E-state index is 12.9. The van der Waals surface area contributed by atoms with Crippen LogP contribution in [0, 0.1) is 5.82 Å². The number of ether oxygens (including phenoxy) is 2. The monoisotopic (exact) mass is 290 g/mol. The molecule has 0 N–H and O–H groups in total. The SMILES string of the molecule is CC(C)OC(=O)COc1ccc(F)c(Br)c1. The molecular weight excluding hydrogens is 279 g/mol. The van der Waals surface area contributed by atoms with Gasteiger partial charge in [-0.3, -0.25) is 0 Å². The van der Waals surface area contributed by atoms with E-state index in [0.29, 0.717) is 10.2 Å². The molecule has 1 aromatic carbocycles. The van der Waals surface area contributed by atoms with Gasteiger partial charge in [0, 0.05) is 0 Å². The van der Waals surface area contributed by atoms with Crippen molar-refractivity contribution in [2.24, 2.45) is 0 Å². The number of benzene rings is 1. The molecule has 0 spiro atoms. The van der Waals surface area contributed by atoms with E-state index in [4.69, 9.17) is 9.47 Å². The Kier molecular flexibility index (Phi) is 4.73. The van der Waals surface area contributed by atoms with Gasteiger partial charge in [0.2, 0.25) is 0 Å². The first-order valence-electron chi connectivity index (χ1n) is 4.76. The molecule has 0 radical (unpaired) electrons. The van der Waals surface area contributed by atoms with Crippen LogP contribution in [0.1, 0.15) is 13.8 Å². The van der Waals surface area contributed by atoms with E-state index in [1.54, 1.807) is 13.8 Å². The average Bonchev–Trinajstić information content (AvgIpc) is 2.19. The van der Waals surface area contributed by atoms with Crippen molar-refractivity contribution in [1.82, 2.24) is 0 Å². The molecule has 0 saturated carbocycles. The van der Waals surface area contributed by atoms with Crippen LogP contribution in [0.3, 0.4) is 0 Å². The molecule has 0 fully saturated rings. The Hall–Kier alpha value is -1.10. The summed E-state index contributed by atoms with van der Waals surface area (Å²) in [5.74, 6) is -0.415. The third kappa shape index (κ3) is 4.18. The van der Waals surface area contributed by atoms with E-state index in [-0.39, 0.29) is 18.5 Å². The number of hydrogen-bond acceptors (Lipinski definition) is 3. The predicted molar refractivity (Wildman–Crippen MR) is 60.8 cm³/mol. The van der Waals surface area contributed by atoms with Gasteiger partial charge in [-0.05, 0) is 48.0 Å². The minimum absolute atomic E-state index is 0.170. The third-order valence-corrected chi connectivity index (χ3v) is 2.22. The normalized spacial score (nSPS) is 10.3. The first kappa shape index (κ1) is 13.0. The summed E-state index contributed by atoms with van der Waals surface area (Å²) in [6, 6.07) is 4.16. The van der Waals surface area contributed by atoms with Crippen LogP contribution in [0.4, 0.5) is 4.39 Å². The maximum Gasteiger partial charge on any atom is 0.344 e. The number of carbonyl (C=O) groups is 1. The molecule has 0 aliphatic rings. The van der Waals surface area contributed by atoms with Crippen molar-refractivity contribution in [3.8, 4) is 5.75 Å². The van der Waals surface area contributed by atoms with Crippen molar-refractivity contribution in [2.75, 3.05) is 6.61 Å². The number of halogens is 2. The molecule has 0 saturated heterocycles. The highest BCUT2D eigenvalue weighted by atomic mass is 79.9. The Labute approximate surface area is 102 Å². The largest absolute Gasteiger partial charge is 0.482 e. The minimum atomic E-state index is -0.449. The Bertz CT molecular complexity index is 379. The van der Waals surface area contributed by atoms with E-state index in [2.05, 4.69) is 15.9 Å². The predicted octanol–water partition coefficient (Wildman–Crippen LogP) is 2.92. The second-order valence-corrected chi connectivity index (χ2v) is 4.26. The molecule has 0 aliphatic carbocycles. The van der Waals surface area contributed by atoms with Crippen molar-refractivity contribution in [1.29, 1.82) is 0 Å². The molecule has 88 valence electrons. The van der Waals surface area contributed by atoms with Gasteiger partial charge in [-0.25, -0.2) is 9.18 Å². The van der Waals surface area contributed by atoms with Crippen LogP contribution >= 0.6 is 15.9 Å². The van der Waals surface area contributed by atoms with Crippen LogP contribution in [0.2, 0.25) is 0 Å². The van der Waals surface area contributed by atoms with E-state index in [0.717, 1.165) is 0 Å². The molecule has 0 bridgehead atoms. The second kappa shape index (κ2) is 5.84. The molecule has 1 rings (SSSR count). The summed E-state index contributed by atoms with van der Waals surface area (Å²) in [4.78, 5) is 11.1. The van der Waals surface area contributed by atoms with Crippen molar-refractivity contribution in [3.05, 3.63) is 28.5 Å². The van der Waals surface area contributed by atoms with Crippen LogP contribution in [-0.2, 0) is 9.53 Å². The zero-order valence-corrected chi connectivity index (χ0v) is 10.6. The first-order chi connectivity index (χ1) is 7.49. The fraction of sp³-hybridized carbons (Fsp3) is 0.364. The topological polar surface area (TPSA) is 35.5 Å². The lowest BCUT2D eigenvalue weighted by molar-refractivity contribution is -0.149. The fourth-order valence-corrected chi connectivity index (χ4v) is 1.36. The van der Waals surface area contributed by atoms with Crippen molar-refractivity contribution >= 4 is 21.9 Å². The fourth-order valence-electron chi connectivity index (χ4n) is 1.01. The smallest absolute Gasteiger partial charge is 0.344 e. The summed E-state index contributed by atoms with van der Waals surface area (Å²) in [7, 11) is 0. The van der Waals surface area contributed by atoms with Crippen LogP contribution in [-0.4, -0.2) is 18.7 Å². The van der Waals surface area contributed by atoms with E-state index in [9.17, 15) is 9.18 Å². The minimum Gasteiger partial charge on any atom is -0.482 e. The summed E-state index contributed by atoms with van der Waals surface area (Å²) in [5, 5.41) is 0. The summed E-state index contributed by atoms with van der Waals surface area (Å²) >= 11 is 3.02. The van der Waals surface area contributed by atoms with Gasteiger partial charge < -0.3 is 9.47 Å². The van der Waals surface area contributed by atoms with E-state index < -0.39 is 5.97 Å². The van der Waals surface area contributed by atoms with E-state index in [1.807, 2.05) is 0 Å². The van der Waals surface area contributed by atoms with Gasteiger partial charge in [0.05, 0.1) is 10.6 Å². The Morgan fingerprint density at radius 2 is 2.19 bits per heavy atom. The number of hydrogen-bond donors (Lipinski definition) is 0. The molecule has 5 heteroatoms. The third-order valence-electron chi connectivity index (χ3n) is 1.61. The van der Waals surface area contributed by atoms with Crippen LogP contribution < -0.4 is 4.74 Å². The molecule has 0 amide bonds.